The van der Waals surface area contributed by atoms with Gasteiger partial charge >= 0.3 is 0 Å². The number of ether oxygens (including phenoxy) is 2. The molecule has 0 heterocycles. The molecule has 0 aliphatic heterocycles. The van der Waals surface area contributed by atoms with Crippen LogP contribution in [0.25, 0.3) is 0 Å². The second-order valence-electron chi connectivity index (χ2n) is 4.24. The zero-order valence-electron chi connectivity index (χ0n) is 11.1. The van der Waals surface area contributed by atoms with Crippen molar-refractivity contribution in [2.45, 2.75) is 25.2 Å². The van der Waals surface area contributed by atoms with Gasteiger partial charge in [-0.15, -0.1) is 6.58 Å². The second kappa shape index (κ2) is 9.69. The van der Waals surface area contributed by atoms with Crippen molar-refractivity contribution in [1.82, 2.24) is 0 Å². The molecule has 19 heavy (non-hydrogen) atoms. The van der Waals surface area contributed by atoms with Crippen LogP contribution >= 0.6 is 0 Å². The van der Waals surface area contributed by atoms with Crippen LogP contribution in [0.3, 0.4) is 0 Å². The Morgan fingerprint density at radius 3 is 2.63 bits per heavy atom. The fourth-order valence-corrected chi connectivity index (χ4v) is 1.66. The molecule has 4 heteroatoms. The maximum absolute atomic E-state index is 9.60. The van der Waals surface area contributed by atoms with E-state index in [0.29, 0.717) is 26.2 Å². The van der Waals surface area contributed by atoms with Crippen LogP contribution in [0.15, 0.2) is 43.0 Å². The molecule has 2 atom stereocenters. The summed E-state index contributed by atoms with van der Waals surface area (Å²) in [5.41, 5.74) is 1.11. The minimum Gasteiger partial charge on any atom is -0.394 e. The Hall–Kier alpha value is -1.20. The Labute approximate surface area is 114 Å². The summed E-state index contributed by atoms with van der Waals surface area (Å²) in [6, 6.07) is 9.87. The van der Waals surface area contributed by atoms with Gasteiger partial charge in [0.25, 0.3) is 0 Å². The summed E-state index contributed by atoms with van der Waals surface area (Å²) in [5, 5.41) is 18.5. The van der Waals surface area contributed by atoms with Crippen molar-refractivity contribution in [1.29, 1.82) is 0 Å². The molecule has 0 unspecified atom stereocenters. The molecule has 1 aromatic carbocycles. The number of hydrogen-bond acceptors (Lipinski definition) is 4. The summed E-state index contributed by atoms with van der Waals surface area (Å²) in [7, 11) is 0. The molecule has 0 saturated heterocycles. The van der Waals surface area contributed by atoms with Crippen LogP contribution in [-0.4, -0.2) is 42.2 Å². The van der Waals surface area contributed by atoms with Gasteiger partial charge in [0.1, 0.15) is 6.10 Å². The Bertz CT molecular complexity index is 339. The maximum Gasteiger partial charge on any atom is 0.103 e. The molecule has 106 valence electrons. The van der Waals surface area contributed by atoms with Crippen molar-refractivity contribution in [2.75, 3.05) is 19.8 Å². The molecule has 0 bridgehead atoms. The van der Waals surface area contributed by atoms with Gasteiger partial charge in [-0.25, -0.2) is 0 Å². The molecule has 0 radical (unpaired) electrons. The van der Waals surface area contributed by atoms with Crippen molar-refractivity contribution in [3.05, 3.63) is 48.6 Å². The van der Waals surface area contributed by atoms with E-state index >= 15 is 0 Å². The first-order chi connectivity index (χ1) is 9.27. The lowest BCUT2D eigenvalue weighted by molar-refractivity contribution is -0.0635. The molecule has 2 N–H and O–H groups in total. The van der Waals surface area contributed by atoms with Crippen molar-refractivity contribution in [2.24, 2.45) is 0 Å². The Morgan fingerprint density at radius 2 is 2.00 bits per heavy atom. The smallest absolute Gasteiger partial charge is 0.103 e. The van der Waals surface area contributed by atoms with Gasteiger partial charge in [-0.05, 0) is 12.0 Å². The molecule has 1 rings (SSSR count). The van der Waals surface area contributed by atoms with Gasteiger partial charge in [0, 0.05) is 6.61 Å². The van der Waals surface area contributed by atoms with Crippen LogP contribution < -0.4 is 0 Å². The normalized spacial score (nSPS) is 14.0. The summed E-state index contributed by atoms with van der Waals surface area (Å²) in [6.07, 6.45) is 0.823. The molecule has 0 aliphatic rings. The lowest BCUT2D eigenvalue weighted by Crippen LogP contribution is -2.33. The lowest BCUT2D eigenvalue weighted by atomic mass is 10.1. The third-order valence-corrected chi connectivity index (χ3v) is 2.70. The quantitative estimate of drug-likeness (QED) is 0.498. The maximum atomic E-state index is 9.60. The van der Waals surface area contributed by atoms with E-state index in [1.54, 1.807) is 6.08 Å². The van der Waals surface area contributed by atoms with Crippen molar-refractivity contribution >= 4 is 0 Å². The molecule has 4 nitrogen and oxygen atoms in total. The van der Waals surface area contributed by atoms with E-state index in [9.17, 15) is 5.11 Å². The summed E-state index contributed by atoms with van der Waals surface area (Å²) < 4.78 is 10.9. The van der Waals surface area contributed by atoms with Crippen LogP contribution in [0, 0.1) is 0 Å². The number of aliphatic hydroxyl groups is 2. The van der Waals surface area contributed by atoms with Crippen LogP contribution in [-0.2, 0) is 16.1 Å². The van der Waals surface area contributed by atoms with Crippen LogP contribution in [0.2, 0.25) is 0 Å². The van der Waals surface area contributed by atoms with Gasteiger partial charge in [0.05, 0.1) is 25.9 Å². The highest BCUT2D eigenvalue weighted by Crippen LogP contribution is 2.07. The monoisotopic (exact) mass is 266 g/mol. The van der Waals surface area contributed by atoms with E-state index < -0.39 is 12.2 Å². The average Bonchev–Trinajstić information content (AvgIpc) is 2.47. The van der Waals surface area contributed by atoms with Crippen LogP contribution in [0.4, 0.5) is 0 Å². The van der Waals surface area contributed by atoms with E-state index in [4.69, 9.17) is 14.6 Å². The van der Waals surface area contributed by atoms with E-state index in [2.05, 4.69) is 6.58 Å². The molecular formula is C15H22O4. The highest BCUT2D eigenvalue weighted by atomic mass is 16.5. The van der Waals surface area contributed by atoms with Crippen molar-refractivity contribution in [3.63, 3.8) is 0 Å². The Balaban J connectivity index is 2.25. The highest BCUT2D eigenvalue weighted by Gasteiger charge is 2.18. The number of aliphatic hydroxyl groups excluding tert-OH is 2. The molecule has 0 saturated carbocycles. The fourth-order valence-electron chi connectivity index (χ4n) is 1.66. The SMILES string of the molecule is C=CCO[C@H](CCOCc1ccccc1)[C@@H](O)CO. The van der Waals surface area contributed by atoms with Crippen molar-refractivity contribution in [3.8, 4) is 0 Å². The van der Waals surface area contributed by atoms with Crippen molar-refractivity contribution < 1.29 is 19.7 Å². The summed E-state index contributed by atoms with van der Waals surface area (Å²) in [6.45, 7) is 4.58. The van der Waals surface area contributed by atoms with Crippen LogP contribution in [0.1, 0.15) is 12.0 Å². The van der Waals surface area contributed by atoms with Gasteiger partial charge in [0.15, 0.2) is 0 Å². The predicted molar refractivity (Wildman–Crippen MR) is 73.7 cm³/mol. The second-order valence-corrected chi connectivity index (χ2v) is 4.24. The summed E-state index contributed by atoms with van der Waals surface area (Å²) in [4.78, 5) is 0. The van der Waals surface area contributed by atoms with Gasteiger partial charge in [-0.2, -0.15) is 0 Å². The first-order valence-electron chi connectivity index (χ1n) is 6.41. The number of hydrogen-bond donors (Lipinski definition) is 2. The molecule has 0 amide bonds. The minimum atomic E-state index is -0.889. The van der Waals surface area contributed by atoms with E-state index in [-0.39, 0.29) is 6.61 Å². The molecule has 0 aliphatic carbocycles. The highest BCUT2D eigenvalue weighted by molar-refractivity contribution is 5.13. The molecular weight excluding hydrogens is 244 g/mol. The molecule has 1 aromatic rings. The number of rotatable bonds is 10. The van der Waals surface area contributed by atoms with Gasteiger partial charge in [0.2, 0.25) is 0 Å². The van der Waals surface area contributed by atoms with Gasteiger partial charge in [-0.3, -0.25) is 0 Å². The minimum absolute atomic E-state index is 0.319. The zero-order valence-corrected chi connectivity index (χ0v) is 11.1. The third-order valence-electron chi connectivity index (χ3n) is 2.70. The Kier molecular flexibility index (Phi) is 8.09. The largest absolute Gasteiger partial charge is 0.394 e. The first kappa shape index (κ1) is 15.9. The third kappa shape index (κ3) is 6.50. The molecule has 0 aromatic heterocycles. The number of benzene rings is 1. The first-order valence-corrected chi connectivity index (χ1v) is 6.41. The van der Waals surface area contributed by atoms with Crippen LogP contribution in [0.5, 0.6) is 0 Å². The predicted octanol–water partition coefficient (Wildman–Crippen LogP) is 1.52. The average molecular weight is 266 g/mol. The van der Waals surface area contributed by atoms with Gasteiger partial charge < -0.3 is 19.7 Å². The topological polar surface area (TPSA) is 58.9 Å². The zero-order chi connectivity index (χ0) is 13.9. The molecule has 0 spiro atoms. The molecule has 0 fully saturated rings. The summed E-state index contributed by atoms with van der Waals surface area (Å²) >= 11 is 0. The fraction of sp³-hybridized carbons (Fsp3) is 0.467. The lowest BCUT2D eigenvalue weighted by Gasteiger charge is -2.21. The van der Waals surface area contributed by atoms with Gasteiger partial charge in [-0.1, -0.05) is 36.4 Å². The van der Waals surface area contributed by atoms with E-state index in [1.807, 2.05) is 30.3 Å². The van der Waals surface area contributed by atoms with E-state index in [1.165, 1.54) is 0 Å². The standard InChI is InChI=1S/C15H22O4/c1-2-9-19-15(14(17)11-16)8-10-18-12-13-6-4-3-5-7-13/h2-7,14-17H,1,8-12H2/t14-,15+/m0/s1. The summed E-state index contributed by atoms with van der Waals surface area (Å²) in [5.74, 6) is 0. The van der Waals surface area contributed by atoms with E-state index in [0.717, 1.165) is 5.56 Å². The Morgan fingerprint density at radius 1 is 1.26 bits per heavy atom.